The molecular weight excluding hydrogens is 424 g/mol. The number of hydrogen-bond acceptors (Lipinski definition) is 6. The fraction of sp³-hybridized carbons (Fsp3) is 0.238. The van der Waals surface area contributed by atoms with Crippen molar-refractivity contribution >= 4 is 51.7 Å². The molecule has 1 atom stereocenters. The summed E-state index contributed by atoms with van der Waals surface area (Å²) in [7, 11) is 0. The first-order valence-corrected chi connectivity index (χ1v) is 10.6. The molecule has 3 rings (SSSR count). The molecular formula is C21H21ClN4O3S. The average molecular weight is 445 g/mol. The van der Waals surface area contributed by atoms with E-state index < -0.39 is 5.25 Å². The molecule has 2 amide bonds. The van der Waals surface area contributed by atoms with Gasteiger partial charge >= 0.3 is 0 Å². The standard InChI is InChI=1S/C21H21ClN4O3S/c1-3-29-17-10-8-16(9-11-17)23-19(27)12-18-20(28)24-21(30-18)26-25-13(2)14-4-6-15(22)7-5-14/h4-11,18H,3,12H2,1-2H3,(H,23,27)(H,24,26,28)/b25-13-/t18-/m0/s1. The van der Waals surface area contributed by atoms with Crippen LogP contribution in [0.25, 0.3) is 0 Å². The van der Waals surface area contributed by atoms with Crippen molar-refractivity contribution in [2.24, 2.45) is 10.2 Å². The van der Waals surface area contributed by atoms with Crippen LogP contribution in [0.3, 0.4) is 0 Å². The highest BCUT2D eigenvalue weighted by Crippen LogP contribution is 2.24. The lowest BCUT2D eigenvalue weighted by Crippen LogP contribution is -2.28. The van der Waals surface area contributed by atoms with Gasteiger partial charge in [-0.15, -0.1) is 5.10 Å². The number of nitrogens with zero attached hydrogens (tertiary/aromatic N) is 2. The topological polar surface area (TPSA) is 92.2 Å². The Labute approximate surface area is 183 Å². The highest BCUT2D eigenvalue weighted by molar-refractivity contribution is 8.15. The fourth-order valence-electron chi connectivity index (χ4n) is 2.64. The van der Waals surface area contributed by atoms with Crippen molar-refractivity contribution < 1.29 is 14.3 Å². The van der Waals surface area contributed by atoms with Crippen LogP contribution in [-0.2, 0) is 9.59 Å². The zero-order chi connectivity index (χ0) is 21.5. The van der Waals surface area contributed by atoms with Crippen LogP contribution in [0.5, 0.6) is 5.75 Å². The molecule has 1 aliphatic rings. The monoisotopic (exact) mass is 444 g/mol. The van der Waals surface area contributed by atoms with Crippen molar-refractivity contribution in [2.45, 2.75) is 25.5 Å². The molecule has 2 aromatic rings. The predicted octanol–water partition coefficient (Wildman–Crippen LogP) is 4.08. The van der Waals surface area contributed by atoms with E-state index in [2.05, 4.69) is 20.8 Å². The molecule has 0 spiro atoms. The number of rotatable bonds is 7. The van der Waals surface area contributed by atoms with Crippen molar-refractivity contribution in [1.82, 2.24) is 5.32 Å². The van der Waals surface area contributed by atoms with E-state index in [0.29, 0.717) is 28.2 Å². The quantitative estimate of drug-likeness (QED) is 0.497. The maximum absolute atomic E-state index is 12.3. The van der Waals surface area contributed by atoms with E-state index in [-0.39, 0.29) is 18.2 Å². The van der Waals surface area contributed by atoms with E-state index in [1.165, 1.54) is 11.8 Å². The number of anilines is 1. The first-order chi connectivity index (χ1) is 14.4. The third-order valence-corrected chi connectivity index (χ3v) is 5.47. The van der Waals surface area contributed by atoms with Crippen LogP contribution in [0.15, 0.2) is 58.7 Å². The molecule has 2 aromatic carbocycles. The van der Waals surface area contributed by atoms with Crippen molar-refractivity contribution in [3.8, 4) is 5.75 Å². The highest BCUT2D eigenvalue weighted by Gasteiger charge is 2.32. The number of halogens is 1. The molecule has 30 heavy (non-hydrogen) atoms. The van der Waals surface area contributed by atoms with Gasteiger partial charge in [-0.3, -0.25) is 9.59 Å². The average Bonchev–Trinajstić information content (AvgIpc) is 3.07. The lowest BCUT2D eigenvalue weighted by molar-refractivity contribution is -0.122. The van der Waals surface area contributed by atoms with Gasteiger partial charge in [0.05, 0.1) is 12.3 Å². The summed E-state index contributed by atoms with van der Waals surface area (Å²) in [5, 5.41) is 14.2. The second-order valence-corrected chi connectivity index (χ2v) is 8.03. The van der Waals surface area contributed by atoms with Crippen LogP contribution in [0.4, 0.5) is 5.69 Å². The lowest BCUT2D eigenvalue weighted by atomic mass is 10.1. The van der Waals surface area contributed by atoms with Gasteiger partial charge in [0, 0.05) is 17.1 Å². The smallest absolute Gasteiger partial charge is 0.240 e. The van der Waals surface area contributed by atoms with Crippen LogP contribution in [-0.4, -0.2) is 34.6 Å². The number of hydrogen-bond donors (Lipinski definition) is 2. The molecule has 1 fully saturated rings. The number of thioether (sulfide) groups is 1. The van der Waals surface area contributed by atoms with E-state index in [9.17, 15) is 9.59 Å². The maximum atomic E-state index is 12.3. The highest BCUT2D eigenvalue weighted by atomic mass is 35.5. The summed E-state index contributed by atoms with van der Waals surface area (Å²) < 4.78 is 5.37. The lowest BCUT2D eigenvalue weighted by Gasteiger charge is -2.08. The van der Waals surface area contributed by atoms with Crippen LogP contribution < -0.4 is 15.4 Å². The number of amides is 2. The van der Waals surface area contributed by atoms with E-state index in [1.54, 1.807) is 36.4 Å². The van der Waals surface area contributed by atoms with Gasteiger partial charge in [0.2, 0.25) is 11.8 Å². The Kier molecular flexibility index (Phi) is 7.48. The van der Waals surface area contributed by atoms with Crippen molar-refractivity contribution in [3.63, 3.8) is 0 Å². The number of nitrogens with one attached hydrogen (secondary N) is 2. The maximum Gasteiger partial charge on any atom is 0.240 e. The van der Waals surface area contributed by atoms with E-state index in [4.69, 9.17) is 16.3 Å². The molecule has 2 N–H and O–H groups in total. The molecule has 1 aliphatic heterocycles. The minimum absolute atomic E-state index is 0.0304. The Morgan fingerprint density at radius 2 is 1.90 bits per heavy atom. The third-order valence-electron chi connectivity index (χ3n) is 4.15. The van der Waals surface area contributed by atoms with Gasteiger partial charge in [0.15, 0.2) is 5.17 Å². The Morgan fingerprint density at radius 3 is 2.57 bits per heavy atom. The Hall–Kier alpha value is -2.84. The van der Waals surface area contributed by atoms with Gasteiger partial charge in [0.25, 0.3) is 0 Å². The summed E-state index contributed by atoms with van der Waals surface area (Å²) in [5.41, 5.74) is 2.21. The number of amidine groups is 1. The normalized spacial score (nSPS) is 17.7. The van der Waals surface area contributed by atoms with Gasteiger partial charge in [-0.05, 0) is 55.8 Å². The molecule has 0 aromatic heterocycles. The first-order valence-electron chi connectivity index (χ1n) is 9.33. The zero-order valence-corrected chi connectivity index (χ0v) is 18.1. The van der Waals surface area contributed by atoms with Gasteiger partial charge in [-0.2, -0.15) is 5.10 Å². The van der Waals surface area contributed by atoms with Crippen molar-refractivity contribution in [3.05, 3.63) is 59.1 Å². The van der Waals surface area contributed by atoms with Crippen LogP contribution in [0.1, 0.15) is 25.8 Å². The van der Waals surface area contributed by atoms with Gasteiger partial charge in [-0.25, -0.2) is 0 Å². The van der Waals surface area contributed by atoms with Crippen LogP contribution in [0, 0.1) is 0 Å². The molecule has 9 heteroatoms. The Morgan fingerprint density at radius 1 is 1.20 bits per heavy atom. The summed E-state index contributed by atoms with van der Waals surface area (Å²) >= 11 is 7.07. The minimum Gasteiger partial charge on any atom is -0.494 e. The number of ether oxygens (including phenoxy) is 1. The van der Waals surface area contributed by atoms with Gasteiger partial charge in [-0.1, -0.05) is 35.5 Å². The number of benzene rings is 2. The Balaban J connectivity index is 1.55. The SMILES string of the molecule is CCOc1ccc(NC(=O)C[C@@H]2S/C(=N/N=C(/C)c3ccc(Cl)cc3)NC2=O)cc1. The molecule has 0 bridgehead atoms. The predicted molar refractivity (Wildman–Crippen MR) is 121 cm³/mol. The van der Waals surface area contributed by atoms with E-state index in [1.807, 2.05) is 26.0 Å². The molecule has 7 nitrogen and oxygen atoms in total. The molecule has 1 saturated heterocycles. The van der Waals surface area contributed by atoms with Crippen LogP contribution in [0.2, 0.25) is 5.02 Å². The number of carbonyl (C=O) groups excluding carboxylic acids is 2. The third kappa shape index (κ3) is 6.08. The Bertz CT molecular complexity index is 975. The molecule has 0 aliphatic carbocycles. The summed E-state index contributed by atoms with van der Waals surface area (Å²) in [4.78, 5) is 24.5. The van der Waals surface area contributed by atoms with E-state index in [0.717, 1.165) is 11.3 Å². The van der Waals surface area contributed by atoms with E-state index >= 15 is 0 Å². The van der Waals surface area contributed by atoms with Crippen LogP contribution >= 0.6 is 23.4 Å². The van der Waals surface area contributed by atoms with Crippen molar-refractivity contribution in [2.75, 3.05) is 11.9 Å². The summed E-state index contributed by atoms with van der Waals surface area (Å²) in [6.07, 6.45) is 0.0304. The molecule has 0 saturated carbocycles. The number of carbonyl (C=O) groups is 2. The first kappa shape index (κ1) is 21.9. The molecule has 0 unspecified atom stereocenters. The van der Waals surface area contributed by atoms with Crippen molar-refractivity contribution in [1.29, 1.82) is 0 Å². The second-order valence-electron chi connectivity index (χ2n) is 6.40. The summed E-state index contributed by atoms with van der Waals surface area (Å²) in [6.45, 7) is 4.30. The molecule has 156 valence electrons. The van der Waals surface area contributed by atoms with Gasteiger partial charge in [0.1, 0.15) is 11.0 Å². The largest absolute Gasteiger partial charge is 0.494 e. The molecule has 0 radical (unpaired) electrons. The second kappa shape index (κ2) is 10.3. The zero-order valence-electron chi connectivity index (χ0n) is 16.5. The summed E-state index contributed by atoms with van der Waals surface area (Å²) in [6, 6.07) is 14.3. The fourth-order valence-corrected chi connectivity index (χ4v) is 3.68. The summed E-state index contributed by atoms with van der Waals surface area (Å²) in [5.74, 6) is 0.213. The van der Waals surface area contributed by atoms with Gasteiger partial charge < -0.3 is 15.4 Å². The minimum atomic E-state index is -0.558. The molecule has 1 heterocycles.